The summed E-state index contributed by atoms with van der Waals surface area (Å²) in [5.41, 5.74) is -0.00866. The van der Waals surface area contributed by atoms with Crippen molar-refractivity contribution in [3.8, 4) is 0 Å². The largest absolute Gasteiger partial charge is 0.381 e. The molecule has 3 saturated heterocycles. The normalized spacial score (nSPS) is 25.0. The van der Waals surface area contributed by atoms with Crippen molar-refractivity contribution in [2.24, 2.45) is 11.8 Å². The Kier molecular flexibility index (Phi) is 5.80. The average molecular weight is 377 g/mol. The van der Waals surface area contributed by atoms with Gasteiger partial charge in [0.15, 0.2) is 0 Å². The van der Waals surface area contributed by atoms with Crippen LogP contribution in [-0.2, 0) is 14.2 Å². The van der Waals surface area contributed by atoms with E-state index in [0.717, 1.165) is 83.4 Å². The summed E-state index contributed by atoms with van der Waals surface area (Å²) in [5.74, 6) is 3.18. The Hall–Kier alpha value is -1.44. The Morgan fingerprint density at radius 2 is 2.00 bits per heavy atom. The van der Waals surface area contributed by atoms with Gasteiger partial charge in [0.25, 0.3) is 0 Å². The van der Waals surface area contributed by atoms with Crippen LogP contribution in [0, 0.1) is 11.8 Å². The van der Waals surface area contributed by atoms with Crippen molar-refractivity contribution in [1.82, 2.24) is 9.97 Å². The van der Waals surface area contributed by atoms with Crippen LogP contribution in [0.3, 0.4) is 0 Å². The van der Waals surface area contributed by atoms with Gasteiger partial charge in [-0.3, -0.25) is 0 Å². The smallest absolute Gasteiger partial charge is 0.134 e. The molecule has 1 aromatic rings. The van der Waals surface area contributed by atoms with Gasteiger partial charge in [0, 0.05) is 53.2 Å². The molecule has 7 heteroatoms. The first kappa shape index (κ1) is 18.9. The summed E-state index contributed by atoms with van der Waals surface area (Å²) in [5, 5.41) is 0. The first-order chi connectivity index (χ1) is 13.2. The maximum atomic E-state index is 6.20. The van der Waals surface area contributed by atoms with Crippen LogP contribution in [0.4, 0.5) is 11.6 Å². The third-order valence-electron chi connectivity index (χ3n) is 6.24. The van der Waals surface area contributed by atoms with E-state index in [4.69, 9.17) is 14.2 Å². The molecule has 1 spiro atoms. The molecular formula is C20H32N4O3. The fourth-order valence-corrected chi connectivity index (χ4v) is 4.45. The third kappa shape index (κ3) is 4.20. The highest BCUT2D eigenvalue weighted by Crippen LogP contribution is 2.43. The van der Waals surface area contributed by atoms with Gasteiger partial charge in [-0.05, 0) is 37.5 Å². The highest BCUT2D eigenvalue weighted by atomic mass is 16.5. The second kappa shape index (κ2) is 8.29. The Morgan fingerprint density at radius 3 is 2.78 bits per heavy atom. The topological polar surface area (TPSA) is 60.0 Å². The predicted molar refractivity (Wildman–Crippen MR) is 104 cm³/mol. The maximum absolute atomic E-state index is 6.20. The van der Waals surface area contributed by atoms with E-state index in [1.807, 2.05) is 25.1 Å². The number of hydrogen-bond donors (Lipinski definition) is 0. The van der Waals surface area contributed by atoms with Gasteiger partial charge in [-0.15, -0.1) is 0 Å². The molecule has 1 atom stereocenters. The van der Waals surface area contributed by atoms with Gasteiger partial charge in [0.05, 0.1) is 13.1 Å². The van der Waals surface area contributed by atoms with Crippen molar-refractivity contribution in [2.45, 2.75) is 31.3 Å². The molecule has 3 fully saturated rings. The SMILES string of the molecule is CN(C)c1cc(N2CC3(C2)OCCC3CCOCC2CCOCC2)ncn1. The minimum absolute atomic E-state index is 0.00866. The average Bonchev–Trinajstić information content (AvgIpc) is 3.09. The summed E-state index contributed by atoms with van der Waals surface area (Å²) < 4.78 is 17.6. The molecule has 0 aromatic carbocycles. The van der Waals surface area contributed by atoms with E-state index in [2.05, 4.69) is 14.9 Å². The van der Waals surface area contributed by atoms with E-state index in [1.54, 1.807) is 6.33 Å². The molecule has 7 nitrogen and oxygen atoms in total. The number of rotatable bonds is 7. The van der Waals surface area contributed by atoms with Crippen LogP contribution < -0.4 is 9.80 Å². The van der Waals surface area contributed by atoms with Crippen molar-refractivity contribution >= 4 is 11.6 Å². The summed E-state index contributed by atoms with van der Waals surface area (Å²) in [6, 6.07) is 2.05. The van der Waals surface area contributed by atoms with Gasteiger partial charge >= 0.3 is 0 Å². The van der Waals surface area contributed by atoms with Crippen molar-refractivity contribution < 1.29 is 14.2 Å². The molecule has 27 heavy (non-hydrogen) atoms. The van der Waals surface area contributed by atoms with E-state index >= 15 is 0 Å². The van der Waals surface area contributed by atoms with Crippen molar-refractivity contribution in [3.05, 3.63) is 12.4 Å². The van der Waals surface area contributed by atoms with Crippen molar-refractivity contribution in [2.75, 3.05) is 70.0 Å². The van der Waals surface area contributed by atoms with Gasteiger partial charge in [-0.1, -0.05) is 0 Å². The fourth-order valence-electron chi connectivity index (χ4n) is 4.45. The summed E-state index contributed by atoms with van der Waals surface area (Å²) in [7, 11) is 4.00. The second-order valence-corrected chi connectivity index (χ2v) is 8.30. The van der Waals surface area contributed by atoms with Gasteiger partial charge < -0.3 is 24.0 Å². The van der Waals surface area contributed by atoms with Crippen LogP contribution in [0.2, 0.25) is 0 Å². The Labute approximate surface area is 162 Å². The van der Waals surface area contributed by atoms with E-state index < -0.39 is 0 Å². The molecule has 0 bridgehead atoms. The number of nitrogens with zero attached hydrogens (tertiary/aromatic N) is 4. The monoisotopic (exact) mass is 376 g/mol. The molecule has 4 rings (SSSR count). The molecule has 0 radical (unpaired) electrons. The van der Waals surface area contributed by atoms with Crippen LogP contribution in [0.25, 0.3) is 0 Å². The molecule has 0 saturated carbocycles. The highest BCUT2D eigenvalue weighted by molar-refractivity contribution is 5.52. The molecular weight excluding hydrogens is 344 g/mol. The minimum atomic E-state index is -0.00866. The number of hydrogen-bond acceptors (Lipinski definition) is 7. The molecule has 0 amide bonds. The van der Waals surface area contributed by atoms with Crippen LogP contribution in [0.1, 0.15) is 25.7 Å². The van der Waals surface area contributed by atoms with Crippen molar-refractivity contribution in [1.29, 1.82) is 0 Å². The van der Waals surface area contributed by atoms with Crippen LogP contribution in [0.5, 0.6) is 0 Å². The number of ether oxygens (including phenoxy) is 3. The van der Waals surface area contributed by atoms with Gasteiger partial charge in [0.2, 0.25) is 0 Å². The number of anilines is 2. The van der Waals surface area contributed by atoms with Gasteiger partial charge in [-0.25, -0.2) is 9.97 Å². The molecule has 3 aliphatic rings. The molecule has 150 valence electrons. The maximum Gasteiger partial charge on any atom is 0.134 e. The Bertz CT molecular complexity index is 615. The second-order valence-electron chi connectivity index (χ2n) is 8.30. The Morgan fingerprint density at radius 1 is 1.19 bits per heavy atom. The summed E-state index contributed by atoms with van der Waals surface area (Å²) in [6.07, 6.45) is 6.15. The lowest BCUT2D eigenvalue weighted by Crippen LogP contribution is -2.65. The number of aromatic nitrogens is 2. The molecule has 4 heterocycles. The van der Waals surface area contributed by atoms with Crippen LogP contribution in [0.15, 0.2) is 12.4 Å². The lowest BCUT2D eigenvalue weighted by Gasteiger charge is -2.51. The van der Waals surface area contributed by atoms with Gasteiger partial charge in [-0.2, -0.15) is 0 Å². The zero-order valence-corrected chi connectivity index (χ0v) is 16.6. The van der Waals surface area contributed by atoms with E-state index in [9.17, 15) is 0 Å². The van der Waals surface area contributed by atoms with Gasteiger partial charge in [0.1, 0.15) is 23.6 Å². The van der Waals surface area contributed by atoms with E-state index in [1.165, 1.54) is 0 Å². The lowest BCUT2D eigenvalue weighted by atomic mass is 9.79. The van der Waals surface area contributed by atoms with Crippen molar-refractivity contribution in [3.63, 3.8) is 0 Å². The van der Waals surface area contributed by atoms with E-state index in [-0.39, 0.29) is 5.60 Å². The van der Waals surface area contributed by atoms with E-state index in [0.29, 0.717) is 11.8 Å². The summed E-state index contributed by atoms with van der Waals surface area (Å²) in [6.45, 7) is 6.20. The standard InChI is InChI=1S/C20H32N4O3/c1-23(2)18-11-19(22-15-21-18)24-13-20(14-24)17(6-10-27-20)5-9-26-12-16-3-7-25-8-4-16/h11,15-17H,3-10,12-14H2,1-2H3. The lowest BCUT2D eigenvalue weighted by molar-refractivity contribution is -0.0527. The first-order valence-electron chi connectivity index (χ1n) is 10.2. The van der Waals surface area contributed by atoms with Crippen LogP contribution in [-0.4, -0.2) is 75.8 Å². The quantitative estimate of drug-likeness (QED) is 0.674. The molecule has 0 N–H and O–H groups in total. The minimum Gasteiger partial charge on any atom is -0.381 e. The predicted octanol–water partition coefficient (Wildman–Crippen LogP) is 1.97. The highest BCUT2D eigenvalue weighted by Gasteiger charge is 2.53. The molecule has 1 unspecified atom stereocenters. The zero-order valence-electron chi connectivity index (χ0n) is 16.6. The third-order valence-corrected chi connectivity index (χ3v) is 6.24. The van der Waals surface area contributed by atoms with Crippen LogP contribution >= 0.6 is 0 Å². The summed E-state index contributed by atoms with van der Waals surface area (Å²) >= 11 is 0. The summed E-state index contributed by atoms with van der Waals surface area (Å²) in [4.78, 5) is 13.1. The first-order valence-corrected chi connectivity index (χ1v) is 10.2. The molecule has 1 aromatic heterocycles. The molecule has 3 aliphatic heterocycles. The fraction of sp³-hybridized carbons (Fsp3) is 0.800. The zero-order chi connectivity index (χ0) is 18.7. The Balaban J connectivity index is 1.25. The molecule has 0 aliphatic carbocycles.